The lowest BCUT2D eigenvalue weighted by Crippen LogP contribution is -2.40. The molecule has 0 aromatic heterocycles. The Balaban J connectivity index is 4.08. The minimum absolute atomic E-state index is 0.0632. The highest BCUT2D eigenvalue weighted by atomic mass is 16.4. The number of rotatable bonds is 8. The van der Waals surface area contributed by atoms with Crippen LogP contribution in [0.4, 0.5) is 0 Å². The maximum Gasteiger partial charge on any atom is 0.304 e. The van der Waals surface area contributed by atoms with Gasteiger partial charge in [-0.05, 0) is 24.9 Å². The summed E-state index contributed by atoms with van der Waals surface area (Å²) in [5.41, 5.74) is 5.73. The highest BCUT2D eigenvalue weighted by molar-refractivity contribution is 5.66. The van der Waals surface area contributed by atoms with E-state index in [0.29, 0.717) is 13.1 Å². The summed E-state index contributed by atoms with van der Waals surface area (Å²) in [4.78, 5) is 12.7. The molecular formula is C11H24N2O2. The molecule has 0 bridgehead atoms. The Morgan fingerprint density at radius 1 is 1.40 bits per heavy atom. The molecule has 0 aromatic rings. The van der Waals surface area contributed by atoms with Gasteiger partial charge in [0.15, 0.2) is 0 Å². The highest BCUT2D eigenvalue weighted by Crippen LogP contribution is 2.15. The second kappa shape index (κ2) is 6.80. The van der Waals surface area contributed by atoms with Gasteiger partial charge in [0.1, 0.15) is 0 Å². The molecule has 0 unspecified atom stereocenters. The van der Waals surface area contributed by atoms with E-state index in [9.17, 15) is 4.79 Å². The van der Waals surface area contributed by atoms with E-state index >= 15 is 0 Å². The second-order valence-corrected chi connectivity index (χ2v) is 4.79. The van der Waals surface area contributed by atoms with Crippen LogP contribution >= 0.6 is 0 Å². The molecule has 0 aliphatic rings. The van der Waals surface area contributed by atoms with Crippen LogP contribution in [0, 0.1) is 5.41 Å². The first kappa shape index (κ1) is 14.4. The van der Waals surface area contributed by atoms with Crippen molar-refractivity contribution in [2.24, 2.45) is 11.1 Å². The number of aliphatic carboxylic acids is 1. The lowest BCUT2D eigenvalue weighted by atomic mass is 9.93. The molecule has 0 saturated heterocycles. The van der Waals surface area contributed by atoms with E-state index in [-0.39, 0.29) is 11.8 Å². The summed E-state index contributed by atoms with van der Waals surface area (Å²) in [6, 6.07) is 0. The van der Waals surface area contributed by atoms with Gasteiger partial charge >= 0.3 is 5.97 Å². The molecule has 0 spiro atoms. The average molecular weight is 216 g/mol. The van der Waals surface area contributed by atoms with E-state index < -0.39 is 5.97 Å². The van der Waals surface area contributed by atoms with Gasteiger partial charge in [0, 0.05) is 13.1 Å². The third-order valence-corrected chi connectivity index (χ3v) is 2.39. The Morgan fingerprint density at radius 3 is 2.40 bits per heavy atom. The van der Waals surface area contributed by atoms with Crippen molar-refractivity contribution >= 4 is 5.97 Å². The quantitative estimate of drug-likeness (QED) is 0.639. The molecule has 0 heterocycles. The summed E-state index contributed by atoms with van der Waals surface area (Å²) < 4.78 is 0. The van der Waals surface area contributed by atoms with Crippen molar-refractivity contribution in [3.63, 3.8) is 0 Å². The Labute approximate surface area is 92.4 Å². The van der Waals surface area contributed by atoms with Gasteiger partial charge in [-0.2, -0.15) is 0 Å². The van der Waals surface area contributed by atoms with Gasteiger partial charge in [0.05, 0.1) is 6.42 Å². The first-order valence-corrected chi connectivity index (χ1v) is 5.55. The number of carboxylic acid groups (broad SMARTS) is 1. The Kier molecular flexibility index (Phi) is 6.52. The molecule has 0 aliphatic heterocycles. The minimum atomic E-state index is -0.735. The topological polar surface area (TPSA) is 66.6 Å². The molecule has 4 nitrogen and oxygen atoms in total. The third-order valence-electron chi connectivity index (χ3n) is 2.39. The molecule has 90 valence electrons. The standard InChI is InChI=1S/C11H24N2O2/c1-4-6-13(7-5-10(14)15)9-11(2,3)8-12/h4-9,12H2,1-3H3,(H,14,15). The number of carboxylic acids is 1. The molecule has 0 aromatic carbocycles. The van der Waals surface area contributed by atoms with Gasteiger partial charge in [-0.25, -0.2) is 0 Å². The predicted octanol–water partition coefficient (Wildman–Crippen LogP) is 1.16. The van der Waals surface area contributed by atoms with Crippen LogP contribution < -0.4 is 5.73 Å². The van der Waals surface area contributed by atoms with E-state index in [0.717, 1.165) is 19.5 Å². The number of hydrogen-bond acceptors (Lipinski definition) is 3. The fraction of sp³-hybridized carbons (Fsp3) is 0.909. The second-order valence-electron chi connectivity index (χ2n) is 4.79. The van der Waals surface area contributed by atoms with Crippen LogP contribution in [0.15, 0.2) is 0 Å². The van der Waals surface area contributed by atoms with E-state index in [1.54, 1.807) is 0 Å². The number of nitrogens with two attached hydrogens (primary N) is 1. The summed E-state index contributed by atoms with van der Waals surface area (Å²) in [5, 5.41) is 8.63. The molecule has 0 amide bonds. The fourth-order valence-electron chi connectivity index (χ4n) is 1.51. The molecule has 4 heteroatoms. The van der Waals surface area contributed by atoms with Crippen LogP contribution in [0.3, 0.4) is 0 Å². The minimum Gasteiger partial charge on any atom is -0.481 e. The van der Waals surface area contributed by atoms with E-state index in [4.69, 9.17) is 10.8 Å². The van der Waals surface area contributed by atoms with Crippen molar-refractivity contribution in [3.8, 4) is 0 Å². The SMILES string of the molecule is CCCN(CCC(=O)O)CC(C)(C)CN. The summed E-state index contributed by atoms with van der Waals surface area (Å²) in [6.07, 6.45) is 1.25. The van der Waals surface area contributed by atoms with E-state index in [2.05, 4.69) is 25.7 Å². The number of nitrogens with zero attached hydrogens (tertiary/aromatic N) is 1. The summed E-state index contributed by atoms with van der Waals surface area (Å²) in [6.45, 7) is 9.37. The van der Waals surface area contributed by atoms with Crippen molar-refractivity contribution in [2.45, 2.75) is 33.6 Å². The van der Waals surface area contributed by atoms with Crippen molar-refractivity contribution < 1.29 is 9.90 Å². The predicted molar refractivity (Wildman–Crippen MR) is 61.8 cm³/mol. The molecule has 0 saturated carbocycles. The zero-order valence-corrected chi connectivity index (χ0v) is 10.1. The smallest absolute Gasteiger partial charge is 0.304 e. The van der Waals surface area contributed by atoms with Gasteiger partial charge in [-0.15, -0.1) is 0 Å². The highest BCUT2D eigenvalue weighted by Gasteiger charge is 2.19. The lowest BCUT2D eigenvalue weighted by Gasteiger charge is -2.31. The molecule has 0 atom stereocenters. The van der Waals surface area contributed by atoms with Gasteiger partial charge in [0.25, 0.3) is 0 Å². The summed E-state index contributed by atoms with van der Waals surface area (Å²) in [7, 11) is 0. The van der Waals surface area contributed by atoms with Crippen molar-refractivity contribution in [3.05, 3.63) is 0 Å². The third kappa shape index (κ3) is 7.33. The van der Waals surface area contributed by atoms with E-state index in [1.165, 1.54) is 0 Å². The molecule has 15 heavy (non-hydrogen) atoms. The van der Waals surface area contributed by atoms with Gasteiger partial charge in [-0.1, -0.05) is 20.8 Å². The average Bonchev–Trinajstić information content (AvgIpc) is 2.14. The first-order chi connectivity index (χ1) is 6.91. The summed E-state index contributed by atoms with van der Waals surface area (Å²) >= 11 is 0. The van der Waals surface area contributed by atoms with Crippen LogP contribution in [0.25, 0.3) is 0 Å². The number of carbonyl (C=O) groups is 1. The van der Waals surface area contributed by atoms with Crippen molar-refractivity contribution in [1.82, 2.24) is 4.90 Å². The zero-order valence-electron chi connectivity index (χ0n) is 10.1. The molecule has 0 rings (SSSR count). The first-order valence-electron chi connectivity index (χ1n) is 5.55. The Bertz CT molecular complexity index is 193. The normalized spacial score (nSPS) is 12.1. The molecule has 0 radical (unpaired) electrons. The van der Waals surface area contributed by atoms with Crippen LogP contribution in [-0.4, -0.2) is 42.2 Å². The van der Waals surface area contributed by atoms with Crippen molar-refractivity contribution in [1.29, 1.82) is 0 Å². The number of hydrogen-bond donors (Lipinski definition) is 2. The van der Waals surface area contributed by atoms with Crippen LogP contribution in [0.1, 0.15) is 33.6 Å². The largest absolute Gasteiger partial charge is 0.481 e. The zero-order chi connectivity index (χ0) is 11.9. The maximum absolute atomic E-state index is 10.5. The van der Waals surface area contributed by atoms with Crippen LogP contribution in [0.5, 0.6) is 0 Å². The molecular weight excluding hydrogens is 192 g/mol. The van der Waals surface area contributed by atoms with Gasteiger partial charge in [-0.3, -0.25) is 4.79 Å². The maximum atomic E-state index is 10.5. The monoisotopic (exact) mass is 216 g/mol. The Morgan fingerprint density at radius 2 is 2.00 bits per heavy atom. The molecule has 0 fully saturated rings. The van der Waals surface area contributed by atoms with Crippen molar-refractivity contribution in [2.75, 3.05) is 26.2 Å². The van der Waals surface area contributed by atoms with Gasteiger partial charge in [0.2, 0.25) is 0 Å². The van der Waals surface area contributed by atoms with Crippen LogP contribution in [-0.2, 0) is 4.79 Å². The molecule has 3 N–H and O–H groups in total. The molecule has 0 aliphatic carbocycles. The van der Waals surface area contributed by atoms with Gasteiger partial charge < -0.3 is 15.7 Å². The Hall–Kier alpha value is -0.610. The van der Waals surface area contributed by atoms with E-state index in [1.807, 2.05) is 0 Å². The summed E-state index contributed by atoms with van der Waals surface area (Å²) in [5.74, 6) is -0.735. The van der Waals surface area contributed by atoms with Crippen LogP contribution in [0.2, 0.25) is 0 Å². The lowest BCUT2D eigenvalue weighted by molar-refractivity contribution is -0.137. The fourth-order valence-corrected chi connectivity index (χ4v) is 1.51.